The van der Waals surface area contributed by atoms with Gasteiger partial charge in [-0.15, -0.1) is 10.1 Å². The van der Waals surface area contributed by atoms with Crippen molar-refractivity contribution in [1.29, 1.82) is 0 Å². The smallest absolute Gasteiger partial charge is 0.291 e. The van der Waals surface area contributed by atoms with Crippen LogP contribution in [-0.2, 0) is 0 Å². The predicted molar refractivity (Wildman–Crippen MR) is 166 cm³/mol. The summed E-state index contributed by atoms with van der Waals surface area (Å²) >= 11 is 0. The van der Waals surface area contributed by atoms with Gasteiger partial charge in [0.2, 0.25) is 0 Å². The molecule has 0 radical (unpaired) electrons. The average Bonchev–Trinajstić information content (AvgIpc) is 3.76. The fourth-order valence-electron chi connectivity index (χ4n) is 12.0. The number of nitrogens with zero attached hydrogens (tertiary/aromatic N) is 1. The molecule has 0 aromatic rings. The normalized spacial score (nSPS) is 52.9. The largest absolute Gasteiger partial charge is 0.328 e. The van der Waals surface area contributed by atoms with Crippen LogP contribution in [0.25, 0.3) is 0 Å². The van der Waals surface area contributed by atoms with Gasteiger partial charge in [-0.05, 0) is 98.7 Å². The van der Waals surface area contributed by atoms with E-state index in [0.29, 0.717) is 49.3 Å². The Morgan fingerprint density at radius 3 is 0.591 bits per heavy atom. The minimum absolute atomic E-state index is 0.420. The summed E-state index contributed by atoms with van der Waals surface area (Å²) in [6.07, 6.45) is 25.6. The van der Waals surface area contributed by atoms with Gasteiger partial charge in [-0.3, -0.25) is 42.5 Å². The van der Waals surface area contributed by atoms with E-state index in [1.165, 1.54) is 103 Å². The third kappa shape index (κ3) is 5.69. The Morgan fingerprint density at radius 1 is 0.364 bits per heavy atom. The Morgan fingerprint density at radius 2 is 0.477 bits per heavy atom. The third-order valence-corrected chi connectivity index (χ3v) is 13.8. The molecular weight excluding hydrogens is 558 g/mol. The van der Waals surface area contributed by atoms with Gasteiger partial charge >= 0.3 is 0 Å². The first-order chi connectivity index (χ1) is 21.5. The summed E-state index contributed by atoms with van der Waals surface area (Å²) < 4.78 is 0. The number of hydrogen-bond donors (Lipinski definition) is 9. The fourth-order valence-corrected chi connectivity index (χ4v) is 12.0. The van der Waals surface area contributed by atoms with Crippen LogP contribution in [0.2, 0.25) is 0 Å². The Balaban J connectivity index is 0.000000684. The van der Waals surface area contributed by atoms with Crippen LogP contribution in [0.4, 0.5) is 0 Å². The Kier molecular flexibility index (Phi) is 8.81. The van der Waals surface area contributed by atoms with Gasteiger partial charge in [-0.1, -0.05) is 51.4 Å². The van der Waals surface area contributed by atoms with E-state index in [0.717, 1.165) is 47.3 Å². The molecule has 5 aliphatic heterocycles. The lowest BCUT2D eigenvalue weighted by Crippen LogP contribution is -2.61. The predicted octanol–water partition coefficient (Wildman–Crippen LogP) is 2.26. The maximum absolute atomic E-state index is 8.36. The van der Waals surface area contributed by atoms with Crippen molar-refractivity contribution in [2.45, 2.75) is 152 Å². The molecule has 4 saturated carbocycles. The monoisotopic (exact) mass is 615 g/mol. The molecule has 8 atom stereocenters. The maximum atomic E-state index is 8.36. The molecule has 9 fully saturated rings. The van der Waals surface area contributed by atoms with Crippen molar-refractivity contribution < 1.29 is 10.3 Å². The van der Waals surface area contributed by atoms with Gasteiger partial charge in [0.15, 0.2) is 0 Å². The second-order valence-corrected chi connectivity index (χ2v) is 15.8. The number of nitrogens with one attached hydrogen (secondary N) is 8. The van der Waals surface area contributed by atoms with Gasteiger partial charge in [0.05, 0.1) is 49.3 Å². The molecule has 8 unspecified atom stereocenters. The minimum atomic E-state index is -1.50. The van der Waals surface area contributed by atoms with Gasteiger partial charge in [0.1, 0.15) is 0 Å². The van der Waals surface area contributed by atoms with Crippen LogP contribution in [0, 0.1) is 57.5 Å². The van der Waals surface area contributed by atoms with Crippen molar-refractivity contribution in [3.8, 4) is 0 Å². The van der Waals surface area contributed by atoms with Crippen LogP contribution in [0.3, 0.4) is 0 Å². The van der Waals surface area contributed by atoms with Crippen molar-refractivity contribution in [2.75, 3.05) is 0 Å². The summed E-state index contributed by atoms with van der Waals surface area (Å²) in [5, 5.41) is 47.4. The van der Waals surface area contributed by atoms with Gasteiger partial charge in [-0.25, -0.2) is 0 Å². The zero-order chi connectivity index (χ0) is 29.8. The van der Waals surface area contributed by atoms with Crippen LogP contribution >= 0.6 is 0 Å². The van der Waals surface area contributed by atoms with Crippen molar-refractivity contribution in [1.82, 2.24) is 42.5 Å². The van der Waals surface area contributed by atoms with Crippen LogP contribution in [0.15, 0.2) is 0 Å². The number of rotatable bonds is 0. The first-order valence-electron chi connectivity index (χ1n) is 18.4. The summed E-state index contributed by atoms with van der Waals surface area (Å²) in [5.41, 5.74) is 0. The summed E-state index contributed by atoms with van der Waals surface area (Å²) in [5.74, 6) is 5.97. The van der Waals surface area contributed by atoms with Crippen LogP contribution in [0.5, 0.6) is 0 Å². The van der Waals surface area contributed by atoms with Gasteiger partial charge in [0.25, 0.3) is 5.09 Å². The van der Waals surface area contributed by atoms with Crippen LogP contribution in [-0.4, -0.2) is 59.6 Å². The van der Waals surface area contributed by atoms with E-state index in [4.69, 9.17) is 15.3 Å². The van der Waals surface area contributed by atoms with Gasteiger partial charge in [0, 0.05) is 0 Å². The van der Waals surface area contributed by atoms with Gasteiger partial charge < -0.3 is 5.21 Å². The molecule has 0 spiro atoms. The third-order valence-electron chi connectivity index (χ3n) is 13.8. The Hall–Kier alpha value is -1.12. The van der Waals surface area contributed by atoms with E-state index in [9.17, 15) is 0 Å². The second kappa shape index (κ2) is 12.8. The van der Waals surface area contributed by atoms with E-state index >= 15 is 0 Å². The molecule has 44 heavy (non-hydrogen) atoms. The number of hydrogen-bond acceptors (Lipinski definition) is 10. The summed E-state index contributed by atoms with van der Waals surface area (Å²) in [6, 6.07) is 0. The highest BCUT2D eigenvalue weighted by molar-refractivity contribution is 5.08. The molecule has 8 bridgehead atoms. The molecule has 9 aliphatic rings. The molecule has 5 heterocycles. The Bertz CT molecular complexity index is 811. The van der Waals surface area contributed by atoms with Crippen LogP contribution < -0.4 is 42.5 Å². The molecule has 9 N–H and O–H groups in total. The highest BCUT2D eigenvalue weighted by Crippen LogP contribution is 2.45. The molecule has 0 amide bonds. The molecule has 4 aliphatic carbocycles. The van der Waals surface area contributed by atoms with Gasteiger partial charge in [-0.2, -0.15) is 0 Å². The van der Waals surface area contributed by atoms with Crippen molar-refractivity contribution in [3.63, 3.8) is 0 Å². The van der Waals surface area contributed by atoms with Crippen molar-refractivity contribution >= 4 is 0 Å². The lowest BCUT2D eigenvalue weighted by molar-refractivity contribution is -0.742. The molecule has 0 aromatic carbocycles. The van der Waals surface area contributed by atoms with Crippen molar-refractivity contribution in [3.05, 3.63) is 10.1 Å². The number of fused-ring (bicyclic) bond motifs is 20. The summed E-state index contributed by atoms with van der Waals surface area (Å²) in [6.45, 7) is 0. The maximum Gasteiger partial charge on any atom is 0.291 e. The molecule has 248 valence electrons. The van der Waals surface area contributed by atoms with E-state index < -0.39 is 5.09 Å². The molecule has 0 aromatic heterocycles. The SMILES string of the molecule is C1CCC2C3NC(NC4NC(NC5NC(NC6NC(N3)C3CCCCC63)C3CCCCC53)C3CCCCC43)C2C1.O=[N+]([O-])O. The Labute approximate surface area is 262 Å². The highest BCUT2D eigenvalue weighted by atomic mass is 16.9. The first-order valence-corrected chi connectivity index (χ1v) is 18.4. The molecule has 5 saturated heterocycles. The molecular formula is C32H57N9O3. The second-order valence-electron chi connectivity index (χ2n) is 15.8. The molecule has 12 heteroatoms. The highest BCUT2D eigenvalue weighted by Gasteiger charge is 2.54. The van der Waals surface area contributed by atoms with E-state index in [1.54, 1.807) is 0 Å². The fraction of sp³-hybridized carbons (Fsp3) is 1.00. The zero-order valence-corrected chi connectivity index (χ0v) is 26.3. The molecule has 12 nitrogen and oxygen atoms in total. The summed E-state index contributed by atoms with van der Waals surface area (Å²) in [7, 11) is 0. The van der Waals surface area contributed by atoms with E-state index in [1.807, 2.05) is 0 Å². The zero-order valence-electron chi connectivity index (χ0n) is 26.3. The summed E-state index contributed by atoms with van der Waals surface area (Å²) in [4.78, 5) is 8.36. The minimum Gasteiger partial charge on any atom is -0.328 e. The quantitative estimate of drug-likeness (QED) is 0.145. The standard InChI is InChI=1S/C32H56N8.HNO3/c1-2-10-18-17(9-1)25-33-26(18)38-28-21-13-5-6-14-22(21)30(35-28)40-32-24-16-8-7-15-23(24)31(36-32)39-29-20-12-4-3-11-19(20)27(34-29)37-25;2-1(3)4/h17-40H,1-16H2;(H,2,3,4). The van der Waals surface area contributed by atoms with Crippen molar-refractivity contribution in [2.24, 2.45) is 47.3 Å². The lowest BCUT2D eigenvalue weighted by Gasteiger charge is -2.35. The lowest BCUT2D eigenvalue weighted by atomic mass is 9.76. The van der Waals surface area contributed by atoms with E-state index in [2.05, 4.69) is 42.5 Å². The molecule has 9 rings (SSSR count). The average molecular weight is 616 g/mol. The first kappa shape index (κ1) is 30.2. The van der Waals surface area contributed by atoms with Crippen LogP contribution in [0.1, 0.15) is 103 Å². The van der Waals surface area contributed by atoms with E-state index in [-0.39, 0.29) is 0 Å². The topological polar surface area (TPSA) is 160 Å².